The van der Waals surface area contributed by atoms with Gasteiger partial charge in [0.15, 0.2) is 0 Å². The van der Waals surface area contributed by atoms with Crippen LogP contribution in [0.4, 0.5) is 13.2 Å². The van der Waals surface area contributed by atoms with Gasteiger partial charge in [-0.3, -0.25) is 4.79 Å². The van der Waals surface area contributed by atoms with E-state index in [9.17, 15) is 18.0 Å². The Labute approximate surface area is 98.3 Å². The third-order valence-electron chi connectivity index (χ3n) is 2.24. The molecule has 0 aliphatic heterocycles. The fourth-order valence-electron chi connectivity index (χ4n) is 1.60. The van der Waals surface area contributed by atoms with E-state index in [1.807, 2.05) is 0 Å². The quantitative estimate of drug-likeness (QED) is 0.896. The molecule has 0 spiro atoms. The van der Waals surface area contributed by atoms with Crippen molar-refractivity contribution in [1.82, 2.24) is 0 Å². The van der Waals surface area contributed by atoms with Gasteiger partial charge in [-0.25, -0.2) is 0 Å². The van der Waals surface area contributed by atoms with Crippen LogP contribution in [-0.2, 0) is 17.4 Å². The van der Waals surface area contributed by atoms with Gasteiger partial charge in [-0.1, -0.05) is 6.07 Å². The molecule has 0 amide bonds. The minimum Gasteiger partial charge on any atom is -0.481 e. The van der Waals surface area contributed by atoms with Crippen molar-refractivity contribution >= 4 is 27.4 Å². The molecule has 0 unspecified atom stereocenters. The predicted molar refractivity (Wildman–Crippen MR) is 58.2 cm³/mol. The SMILES string of the molecule is O=C(O)Cc1cc2c(C(F)(F)F)cccc2s1. The molecule has 2 nitrogen and oxygen atoms in total. The first-order valence-corrected chi connectivity index (χ1v) is 5.50. The second-order valence-electron chi connectivity index (χ2n) is 3.50. The number of carboxylic acid groups (broad SMARTS) is 1. The van der Waals surface area contributed by atoms with Crippen LogP contribution in [0.1, 0.15) is 10.4 Å². The number of carboxylic acids is 1. The van der Waals surface area contributed by atoms with Gasteiger partial charge in [-0.05, 0) is 18.2 Å². The molecule has 1 aromatic heterocycles. The van der Waals surface area contributed by atoms with Crippen LogP contribution in [-0.4, -0.2) is 11.1 Å². The zero-order valence-corrected chi connectivity index (χ0v) is 9.23. The Kier molecular flexibility index (Phi) is 2.82. The van der Waals surface area contributed by atoms with E-state index >= 15 is 0 Å². The van der Waals surface area contributed by atoms with Crippen LogP contribution in [0.2, 0.25) is 0 Å². The van der Waals surface area contributed by atoms with Crippen LogP contribution < -0.4 is 0 Å². The number of benzene rings is 1. The summed E-state index contributed by atoms with van der Waals surface area (Å²) in [5.74, 6) is -1.05. The summed E-state index contributed by atoms with van der Waals surface area (Å²) in [5, 5.41) is 8.68. The average Bonchev–Trinajstić information content (AvgIpc) is 2.55. The van der Waals surface area contributed by atoms with Crippen LogP contribution in [0.15, 0.2) is 24.3 Å². The molecule has 1 heterocycles. The highest BCUT2D eigenvalue weighted by Gasteiger charge is 2.32. The van der Waals surface area contributed by atoms with Gasteiger partial charge in [0, 0.05) is 15.0 Å². The molecule has 2 aromatic rings. The van der Waals surface area contributed by atoms with Gasteiger partial charge in [0.25, 0.3) is 0 Å². The molecule has 2 rings (SSSR count). The lowest BCUT2D eigenvalue weighted by atomic mass is 10.1. The highest BCUT2D eigenvalue weighted by atomic mass is 32.1. The zero-order chi connectivity index (χ0) is 12.6. The summed E-state index contributed by atoms with van der Waals surface area (Å²) in [7, 11) is 0. The molecule has 0 bridgehead atoms. The lowest BCUT2D eigenvalue weighted by Crippen LogP contribution is -2.04. The molecular weight excluding hydrogens is 253 g/mol. The largest absolute Gasteiger partial charge is 0.481 e. The van der Waals surface area contributed by atoms with Crippen molar-refractivity contribution in [2.24, 2.45) is 0 Å². The Balaban J connectivity index is 2.57. The van der Waals surface area contributed by atoms with Crippen LogP contribution >= 0.6 is 11.3 Å². The van der Waals surface area contributed by atoms with E-state index in [0.717, 1.165) is 17.4 Å². The lowest BCUT2D eigenvalue weighted by molar-refractivity contribution is -0.137. The second kappa shape index (κ2) is 4.03. The van der Waals surface area contributed by atoms with Crippen molar-refractivity contribution in [3.05, 3.63) is 34.7 Å². The molecule has 0 radical (unpaired) electrons. The highest BCUT2D eigenvalue weighted by molar-refractivity contribution is 7.19. The first kappa shape index (κ1) is 11.9. The Bertz CT molecular complexity index is 572. The minimum atomic E-state index is -4.42. The number of carbonyl (C=O) groups is 1. The topological polar surface area (TPSA) is 37.3 Å². The molecule has 0 aliphatic carbocycles. The van der Waals surface area contributed by atoms with Gasteiger partial charge in [-0.2, -0.15) is 13.2 Å². The number of thiophene rings is 1. The normalized spacial score (nSPS) is 11.9. The summed E-state index contributed by atoms with van der Waals surface area (Å²) in [6.45, 7) is 0. The van der Waals surface area contributed by atoms with Crippen LogP contribution in [0.25, 0.3) is 10.1 Å². The van der Waals surface area contributed by atoms with E-state index in [1.165, 1.54) is 12.1 Å². The molecule has 90 valence electrons. The first-order chi connectivity index (χ1) is 7.88. The third kappa shape index (κ3) is 2.41. The van der Waals surface area contributed by atoms with Crippen molar-refractivity contribution in [2.75, 3.05) is 0 Å². The fraction of sp³-hybridized carbons (Fsp3) is 0.182. The molecule has 0 aliphatic rings. The fourth-order valence-corrected chi connectivity index (χ4v) is 2.68. The Morgan fingerprint density at radius 3 is 2.65 bits per heavy atom. The number of halogens is 3. The molecule has 17 heavy (non-hydrogen) atoms. The maximum Gasteiger partial charge on any atom is 0.417 e. The molecule has 6 heteroatoms. The Morgan fingerprint density at radius 2 is 2.06 bits per heavy atom. The van der Waals surface area contributed by atoms with E-state index in [1.54, 1.807) is 6.07 Å². The molecule has 0 saturated carbocycles. The number of aliphatic carboxylic acids is 1. The van der Waals surface area contributed by atoms with Crippen LogP contribution in [0.5, 0.6) is 0 Å². The van der Waals surface area contributed by atoms with E-state index in [2.05, 4.69) is 0 Å². The maximum atomic E-state index is 12.7. The van der Waals surface area contributed by atoms with E-state index in [-0.39, 0.29) is 11.8 Å². The first-order valence-electron chi connectivity index (χ1n) is 4.68. The minimum absolute atomic E-state index is 0.0706. The maximum absolute atomic E-state index is 12.7. The summed E-state index contributed by atoms with van der Waals surface area (Å²) >= 11 is 1.08. The smallest absolute Gasteiger partial charge is 0.417 e. The highest BCUT2D eigenvalue weighted by Crippen LogP contribution is 2.37. The third-order valence-corrected chi connectivity index (χ3v) is 3.34. The summed E-state index contributed by atoms with van der Waals surface area (Å²) < 4.78 is 38.5. The molecular formula is C11H7F3O2S. The van der Waals surface area contributed by atoms with Gasteiger partial charge in [-0.15, -0.1) is 11.3 Å². The molecule has 1 N–H and O–H groups in total. The summed E-state index contributed by atoms with van der Waals surface area (Å²) in [5.41, 5.74) is -0.720. The Morgan fingerprint density at radius 1 is 1.35 bits per heavy atom. The van der Waals surface area contributed by atoms with Crippen molar-refractivity contribution in [3.8, 4) is 0 Å². The zero-order valence-electron chi connectivity index (χ0n) is 8.41. The number of rotatable bonds is 2. The van der Waals surface area contributed by atoms with Crippen LogP contribution in [0, 0.1) is 0 Å². The average molecular weight is 260 g/mol. The summed E-state index contributed by atoms with van der Waals surface area (Å²) in [6, 6.07) is 5.18. The predicted octanol–water partition coefficient (Wildman–Crippen LogP) is 3.55. The van der Waals surface area contributed by atoms with Gasteiger partial charge in [0.2, 0.25) is 0 Å². The van der Waals surface area contributed by atoms with Crippen LogP contribution in [0.3, 0.4) is 0 Å². The number of hydrogen-bond donors (Lipinski definition) is 1. The van der Waals surface area contributed by atoms with E-state index in [0.29, 0.717) is 9.58 Å². The Hall–Kier alpha value is -1.56. The number of fused-ring (bicyclic) bond motifs is 1. The standard InChI is InChI=1S/C11H7F3O2S/c12-11(13,14)8-2-1-3-9-7(8)4-6(17-9)5-10(15)16/h1-4H,5H2,(H,15,16). The van der Waals surface area contributed by atoms with E-state index < -0.39 is 17.7 Å². The van der Waals surface area contributed by atoms with Crippen molar-refractivity contribution < 1.29 is 23.1 Å². The summed E-state index contributed by atoms with van der Waals surface area (Å²) in [6.07, 6.45) is -4.67. The molecule has 0 saturated heterocycles. The number of alkyl halides is 3. The second-order valence-corrected chi connectivity index (χ2v) is 4.67. The van der Waals surface area contributed by atoms with Gasteiger partial charge in [0.05, 0.1) is 12.0 Å². The van der Waals surface area contributed by atoms with Gasteiger partial charge < -0.3 is 5.11 Å². The molecule has 0 fully saturated rings. The van der Waals surface area contributed by atoms with Crippen molar-refractivity contribution in [1.29, 1.82) is 0 Å². The van der Waals surface area contributed by atoms with Gasteiger partial charge >= 0.3 is 12.1 Å². The molecule has 1 aromatic carbocycles. The summed E-state index contributed by atoms with van der Waals surface area (Å²) in [4.78, 5) is 10.9. The number of hydrogen-bond acceptors (Lipinski definition) is 2. The molecule has 0 atom stereocenters. The van der Waals surface area contributed by atoms with Crippen molar-refractivity contribution in [2.45, 2.75) is 12.6 Å². The van der Waals surface area contributed by atoms with Gasteiger partial charge in [0.1, 0.15) is 0 Å². The lowest BCUT2D eigenvalue weighted by Gasteiger charge is -2.06. The van der Waals surface area contributed by atoms with E-state index in [4.69, 9.17) is 5.11 Å². The van der Waals surface area contributed by atoms with Crippen molar-refractivity contribution in [3.63, 3.8) is 0 Å². The monoisotopic (exact) mass is 260 g/mol.